The van der Waals surface area contributed by atoms with E-state index in [2.05, 4.69) is 5.32 Å². The molecule has 1 aliphatic heterocycles. The lowest BCUT2D eigenvalue weighted by molar-refractivity contribution is -0.158. The van der Waals surface area contributed by atoms with Crippen molar-refractivity contribution in [2.75, 3.05) is 32.1 Å². The second-order valence-corrected chi connectivity index (χ2v) is 7.79. The zero-order chi connectivity index (χ0) is 21.6. The van der Waals surface area contributed by atoms with Crippen LogP contribution < -0.4 is 10.1 Å². The predicted molar refractivity (Wildman–Crippen MR) is 117 cm³/mol. The van der Waals surface area contributed by atoms with Crippen molar-refractivity contribution in [2.45, 2.75) is 33.1 Å². The number of carbonyl (C=O) groups is 2. The van der Waals surface area contributed by atoms with Crippen LogP contribution in [0.5, 0.6) is 5.75 Å². The van der Waals surface area contributed by atoms with Crippen LogP contribution in [0, 0.1) is 12.3 Å². The number of urea groups is 1. The number of piperidine rings is 1. The Bertz CT molecular complexity index is 898. The first-order chi connectivity index (χ1) is 14.5. The van der Waals surface area contributed by atoms with Gasteiger partial charge in [-0.05, 0) is 56.4 Å². The lowest BCUT2D eigenvalue weighted by atomic mass is 9.74. The number of aryl methyl sites for hydroxylation is 1. The molecule has 1 heterocycles. The van der Waals surface area contributed by atoms with Crippen molar-refractivity contribution in [3.63, 3.8) is 0 Å². The number of nitrogens with zero attached hydrogens (tertiary/aromatic N) is 1. The van der Waals surface area contributed by atoms with Crippen molar-refractivity contribution in [2.24, 2.45) is 5.41 Å². The summed E-state index contributed by atoms with van der Waals surface area (Å²) in [5, 5.41) is 2.93. The van der Waals surface area contributed by atoms with Crippen molar-refractivity contribution in [1.82, 2.24) is 4.90 Å². The molecule has 2 amide bonds. The fourth-order valence-electron chi connectivity index (χ4n) is 4.05. The van der Waals surface area contributed by atoms with Gasteiger partial charge in [0.15, 0.2) is 0 Å². The van der Waals surface area contributed by atoms with Gasteiger partial charge >= 0.3 is 12.0 Å². The summed E-state index contributed by atoms with van der Waals surface area (Å²) in [5.41, 5.74) is 2.16. The van der Waals surface area contributed by atoms with Gasteiger partial charge in [0, 0.05) is 24.8 Å². The maximum absolute atomic E-state index is 13.0. The fourth-order valence-corrected chi connectivity index (χ4v) is 4.05. The Morgan fingerprint density at radius 2 is 1.97 bits per heavy atom. The zero-order valence-corrected chi connectivity index (χ0v) is 17.9. The number of rotatable bonds is 6. The van der Waals surface area contributed by atoms with Crippen LogP contribution >= 0.6 is 0 Å². The number of hydrogen-bond donors (Lipinski definition) is 1. The van der Waals surface area contributed by atoms with Crippen molar-refractivity contribution in [3.05, 3.63) is 59.7 Å². The third-order valence-corrected chi connectivity index (χ3v) is 5.68. The van der Waals surface area contributed by atoms with Crippen LogP contribution in [0.15, 0.2) is 48.5 Å². The molecule has 1 atom stereocenters. The molecule has 3 rings (SSSR count). The summed E-state index contributed by atoms with van der Waals surface area (Å²) >= 11 is 0. The Morgan fingerprint density at radius 3 is 2.70 bits per heavy atom. The minimum absolute atomic E-state index is 0.221. The van der Waals surface area contributed by atoms with Gasteiger partial charge < -0.3 is 19.7 Å². The molecular formula is C24H30N2O4. The molecule has 1 aliphatic rings. The number of methoxy groups -OCH3 is 1. The van der Waals surface area contributed by atoms with Gasteiger partial charge in [-0.15, -0.1) is 0 Å². The topological polar surface area (TPSA) is 67.9 Å². The highest BCUT2D eigenvalue weighted by Crippen LogP contribution is 2.36. The molecule has 160 valence electrons. The number of esters is 1. The smallest absolute Gasteiger partial charge is 0.321 e. The van der Waals surface area contributed by atoms with Gasteiger partial charge in [0.05, 0.1) is 19.1 Å². The molecule has 0 radical (unpaired) electrons. The predicted octanol–water partition coefficient (Wildman–Crippen LogP) is 4.42. The van der Waals surface area contributed by atoms with Crippen molar-refractivity contribution >= 4 is 17.7 Å². The average Bonchev–Trinajstić information content (AvgIpc) is 2.76. The highest BCUT2D eigenvalue weighted by molar-refractivity contribution is 5.90. The third kappa shape index (κ3) is 4.93. The number of carbonyl (C=O) groups excluding carboxylic acids is 2. The first kappa shape index (κ1) is 21.7. The molecule has 0 unspecified atom stereocenters. The van der Waals surface area contributed by atoms with Crippen LogP contribution in [0.3, 0.4) is 0 Å². The fraction of sp³-hybridized carbons (Fsp3) is 0.417. The molecule has 6 nitrogen and oxygen atoms in total. The second kappa shape index (κ2) is 9.65. The summed E-state index contributed by atoms with van der Waals surface area (Å²) in [7, 11) is 1.59. The third-order valence-electron chi connectivity index (χ3n) is 5.68. The highest BCUT2D eigenvalue weighted by Gasteiger charge is 2.45. The number of nitrogens with one attached hydrogen (secondary N) is 1. The van der Waals surface area contributed by atoms with Crippen molar-refractivity contribution in [3.8, 4) is 5.75 Å². The quantitative estimate of drug-likeness (QED) is 0.716. The number of ether oxygens (including phenoxy) is 2. The molecule has 0 aliphatic carbocycles. The van der Waals surface area contributed by atoms with E-state index < -0.39 is 5.41 Å². The van der Waals surface area contributed by atoms with E-state index in [-0.39, 0.29) is 12.0 Å². The SMILES string of the molecule is CCOC(=O)[C@@]1(Cc2ccccc2C)CCCN(C(=O)Nc2cccc(OC)c2)C1. The molecule has 0 aromatic heterocycles. The number of amides is 2. The average molecular weight is 411 g/mol. The molecule has 2 aromatic rings. The summed E-state index contributed by atoms with van der Waals surface area (Å²) in [6.07, 6.45) is 2.00. The van der Waals surface area contributed by atoms with Crippen LogP contribution in [-0.2, 0) is 16.0 Å². The Morgan fingerprint density at radius 1 is 1.17 bits per heavy atom. The summed E-state index contributed by atoms with van der Waals surface area (Å²) < 4.78 is 10.7. The van der Waals surface area contributed by atoms with E-state index in [1.54, 1.807) is 18.1 Å². The molecule has 1 N–H and O–H groups in total. The maximum atomic E-state index is 13.0. The van der Waals surface area contributed by atoms with Crippen LogP contribution in [0.2, 0.25) is 0 Å². The number of likely N-dealkylation sites (tertiary alicyclic amines) is 1. The molecule has 2 aromatic carbocycles. The maximum Gasteiger partial charge on any atom is 0.321 e. The minimum Gasteiger partial charge on any atom is -0.497 e. The lowest BCUT2D eigenvalue weighted by Crippen LogP contribution is -2.52. The van der Waals surface area contributed by atoms with Gasteiger partial charge in [0.1, 0.15) is 5.75 Å². The summed E-state index contributed by atoms with van der Waals surface area (Å²) in [6.45, 7) is 5.12. The number of anilines is 1. The Kier molecular flexibility index (Phi) is 6.98. The Labute approximate surface area is 178 Å². The molecule has 1 fully saturated rings. The van der Waals surface area contributed by atoms with Crippen LogP contribution in [-0.4, -0.2) is 43.7 Å². The summed E-state index contributed by atoms with van der Waals surface area (Å²) in [4.78, 5) is 27.7. The molecule has 0 bridgehead atoms. The van der Waals surface area contributed by atoms with Gasteiger partial charge in [0.2, 0.25) is 0 Å². The van der Waals surface area contributed by atoms with E-state index in [4.69, 9.17) is 9.47 Å². The van der Waals surface area contributed by atoms with Gasteiger partial charge in [-0.3, -0.25) is 4.79 Å². The summed E-state index contributed by atoms with van der Waals surface area (Å²) in [6, 6.07) is 15.1. The van der Waals surface area contributed by atoms with E-state index in [1.807, 2.05) is 56.3 Å². The summed E-state index contributed by atoms with van der Waals surface area (Å²) in [5.74, 6) is 0.444. The van der Waals surface area contributed by atoms with Crippen LogP contribution in [0.1, 0.15) is 30.9 Å². The first-order valence-corrected chi connectivity index (χ1v) is 10.4. The van der Waals surface area contributed by atoms with E-state index >= 15 is 0 Å². The first-order valence-electron chi connectivity index (χ1n) is 10.4. The Balaban J connectivity index is 1.81. The largest absolute Gasteiger partial charge is 0.497 e. The molecule has 30 heavy (non-hydrogen) atoms. The van der Waals surface area contributed by atoms with E-state index in [0.29, 0.717) is 44.0 Å². The molecule has 0 spiro atoms. The monoisotopic (exact) mass is 410 g/mol. The Hall–Kier alpha value is -3.02. The normalized spacial score (nSPS) is 18.6. The standard InChI is InChI=1S/C24H30N2O4/c1-4-30-22(27)24(16-19-10-6-5-9-18(19)2)13-8-14-26(17-24)23(28)25-20-11-7-12-21(15-20)29-3/h5-7,9-12,15H,4,8,13-14,16-17H2,1-3H3,(H,25,28)/t24-/m1/s1. The van der Waals surface area contributed by atoms with Gasteiger partial charge in [-0.25, -0.2) is 4.79 Å². The molecular weight excluding hydrogens is 380 g/mol. The molecule has 6 heteroatoms. The van der Waals surface area contributed by atoms with Crippen molar-refractivity contribution in [1.29, 1.82) is 0 Å². The molecule has 0 saturated carbocycles. The highest BCUT2D eigenvalue weighted by atomic mass is 16.5. The van der Waals surface area contributed by atoms with E-state index in [9.17, 15) is 9.59 Å². The number of hydrogen-bond acceptors (Lipinski definition) is 4. The van der Waals surface area contributed by atoms with E-state index in [1.165, 1.54) is 0 Å². The van der Waals surface area contributed by atoms with E-state index in [0.717, 1.165) is 17.5 Å². The lowest BCUT2D eigenvalue weighted by Gasteiger charge is -2.41. The van der Waals surface area contributed by atoms with Crippen molar-refractivity contribution < 1.29 is 19.1 Å². The zero-order valence-electron chi connectivity index (χ0n) is 17.9. The van der Waals surface area contributed by atoms with Gasteiger partial charge in [-0.2, -0.15) is 0 Å². The van der Waals surface area contributed by atoms with Gasteiger partial charge in [0.25, 0.3) is 0 Å². The minimum atomic E-state index is -0.744. The second-order valence-electron chi connectivity index (χ2n) is 7.79. The van der Waals surface area contributed by atoms with Crippen LogP contribution in [0.4, 0.5) is 10.5 Å². The number of benzene rings is 2. The van der Waals surface area contributed by atoms with Gasteiger partial charge in [-0.1, -0.05) is 30.3 Å². The molecule has 1 saturated heterocycles. The van der Waals surface area contributed by atoms with Crippen LogP contribution in [0.25, 0.3) is 0 Å².